The molecular formula is C19H20FN5. The smallest absolute Gasteiger partial charge is 0.158 e. The molecule has 0 amide bonds. The lowest BCUT2D eigenvalue weighted by Crippen LogP contribution is -2.30. The van der Waals surface area contributed by atoms with E-state index in [1.807, 2.05) is 12.1 Å². The number of rotatable bonds is 3. The summed E-state index contributed by atoms with van der Waals surface area (Å²) < 4.78 is 14.1. The summed E-state index contributed by atoms with van der Waals surface area (Å²) in [5, 5.41) is 3.38. The number of halogens is 1. The number of nitrogens with two attached hydrogens (primary N) is 1. The van der Waals surface area contributed by atoms with Crippen LogP contribution in [0.3, 0.4) is 0 Å². The summed E-state index contributed by atoms with van der Waals surface area (Å²) in [6.45, 7) is 3.17. The first-order valence-corrected chi connectivity index (χ1v) is 8.42. The van der Waals surface area contributed by atoms with E-state index in [1.54, 1.807) is 12.3 Å². The van der Waals surface area contributed by atoms with E-state index >= 15 is 0 Å². The van der Waals surface area contributed by atoms with Crippen molar-refractivity contribution in [2.75, 3.05) is 6.54 Å². The molecule has 25 heavy (non-hydrogen) atoms. The molecule has 4 N–H and O–H groups in total. The Labute approximate surface area is 145 Å². The molecule has 0 fully saturated rings. The highest BCUT2D eigenvalue weighted by molar-refractivity contribution is 5.91. The first-order valence-electron chi connectivity index (χ1n) is 8.42. The van der Waals surface area contributed by atoms with E-state index in [4.69, 9.17) is 10.7 Å². The molecule has 0 saturated carbocycles. The first-order chi connectivity index (χ1) is 12.2. The molecule has 0 radical (unpaired) electrons. The van der Waals surface area contributed by atoms with Gasteiger partial charge in [0.1, 0.15) is 17.2 Å². The van der Waals surface area contributed by atoms with Gasteiger partial charge in [-0.1, -0.05) is 18.2 Å². The van der Waals surface area contributed by atoms with Gasteiger partial charge in [-0.15, -0.1) is 0 Å². The first kappa shape index (κ1) is 15.9. The van der Waals surface area contributed by atoms with Gasteiger partial charge >= 0.3 is 0 Å². The number of pyridine rings is 1. The van der Waals surface area contributed by atoms with Crippen molar-refractivity contribution in [3.8, 4) is 11.1 Å². The maximum absolute atomic E-state index is 14.1. The van der Waals surface area contributed by atoms with Crippen LogP contribution in [0, 0.1) is 5.82 Å². The number of H-pyrrole nitrogens is 1. The lowest BCUT2D eigenvalue weighted by molar-refractivity contribution is 0.577. The Bertz CT molecular complexity index is 960. The van der Waals surface area contributed by atoms with Crippen molar-refractivity contribution < 1.29 is 4.39 Å². The van der Waals surface area contributed by atoms with Crippen LogP contribution in [0.15, 0.2) is 36.5 Å². The molecule has 128 valence electrons. The number of benzene rings is 1. The molecule has 1 atom stereocenters. The Morgan fingerprint density at radius 1 is 1.32 bits per heavy atom. The molecule has 3 aromatic rings. The number of hydrogen-bond acceptors (Lipinski definition) is 4. The van der Waals surface area contributed by atoms with Crippen LogP contribution < -0.4 is 11.1 Å². The van der Waals surface area contributed by atoms with E-state index in [9.17, 15) is 4.39 Å². The van der Waals surface area contributed by atoms with E-state index in [0.717, 1.165) is 35.4 Å². The fourth-order valence-electron chi connectivity index (χ4n) is 3.24. The largest absolute Gasteiger partial charge is 0.326 e. The van der Waals surface area contributed by atoms with Gasteiger partial charge in [0.05, 0.1) is 0 Å². The number of nitrogens with one attached hydrogen (secondary N) is 2. The molecule has 0 bridgehead atoms. The zero-order valence-electron chi connectivity index (χ0n) is 14.0. The molecule has 1 aliphatic heterocycles. The summed E-state index contributed by atoms with van der Waals surface area (Å²) in [6, 6.07) is 7.39. The van der Waals surface area contributed by atoms with E-state index in [1.165, 1.54) is 11.6 Å². The third-order valence-corrected chi connectivity index (χ3v) is 4.61. The van der Waals surface area contributed by atoms with Crippen LogP contribution in [0.5, 0.6) is 0 Å². The Balaban J connectivity index is 1.80. The minimum atomic E-state index is -0.296. The van der Waals surface area contributed by atoms with Gasteiger partial charge < -0.3 is 16.0 Å². The summed E-state index contributed by atoms with van der Waals surface area (Å²) in [5.41, 5.74) is 10.3. The van der Waals surface area contributed by atoms with Gasteiger partial charge in [-0.25, -0.2) is 14.4 Å². The van der Waals surface area contributed by atoms with E-state index in [2.05, 4.69) is 28.3 Å². The molecule has 4 rings (SSSR count). The monoisotopic (exact) mass is 337 g/mol. The van der Waals surface area contributed by atoms with E-state index in [0.29, 0.717) is 17.3 Å². The summed E-state index contributed by atoms with van der Waals surface area (Å²) in [4.78, 5) is 12.4. The molecule has 5 nitrogen and oxygen atoms in total. The van der Waals surface area contributed by atoms with Crippen LogP contribution in [0.4, 0.5) is 4.39 Å². The molecule has 2 aromatic heterocycles. The quantitative estimate of drug-likeness (QED) is 0.686. The second kappa shape index (κ2) is 6.38. The molecule has 6 heteroatoms. The van der Waals surface area contributed by atoms with Crippen molar-refractivity contribution in [2.24, 2.45) is 5.73 Å². The number of aromatic nitrogens is 3. The van der Waals surface area contributed by atoms with Gasteiger partial charge in [0.25, 0.3) is 0 Å². The van der Waals surface area contributed by atoms with Crippen LogP contribution in [-0.2, 0) is 6.54 Å². The van der Waals surface area contributed by atoms with Crippen LogP contribution in [0.25, 0.3) is 27.9 Å². The molecule has 1 unspecified atom stereocenters. The fraction of sp³-hybridized carbons (Fsp3) is 0.263. The average molecular weight is 337 g/mol. The standard InChI is InChI=1S/C19H20FN5/c1-11-8-13(4-6-22-11)18-24-17-15(5-7-23-19(17)25-18)12-2-3-14(10-21)16(20)9-12/h2-5,7,9,11,22H,6,8,10,21H2,1H3,(H,23,24,25). The van der Waals surface area contributed by atoms with E-state index < -0.39 is 0 Å². The second-order valence-corrected chi connectivity index (χ2v) is 6.39. The van der Waals surface area contributed by atoms with Crippen LogP contribution in [-0.4, -0.2) is 27.5 Å². The predicted molar refractivity (Wildman–Crippen MR) is 97.2 cm³/mol. The minimum Gasteiger partial charge on any atom is -0.326 e. The van der Waals surface area contributed by atoms with E-state index in [-0.39, 0.29) is 12.4 Å². The van der Waals surface area contributed by atoms with Crippen molar-refractivity contribution in [3.05, 3.63) is 53.7 Å². The predicted octanol–water partition coefficient (Wildman–Crippen LogP) is 2.99. The Morgan fingerprint density at radius 3 is 2.96 bits per heavy atom. The topological polar surface area (TPSA) is 79.6 Å². The summed E-state index contributed by atoms with van der Waals surface area (Å²) in [6.07, 6.45) is 4.77. The van der Waals surface area contributed by atoms with Crippen molar-refractivity contribution in [3.63, 3.8) is 0 Å². The number of hydrogen-bond donors (Lipinski definition) is 3. The minimum absolute atomic E-state index is 0.185. The van der Waals surface area contributed by atoms with Gasteiger partial charge in [-0.2, -0.15) is 0 Å². The zero-order chi connectivity index (χ0) is 17.4. The highest BCUT2D eigenvalue weighted by atomic mass is 19.1. The number of fused-ring (bicyclic) bond motifs is 1. The van der Waals surface area contributed by atoms with Crippen LogP contribution in [0.1, 0.15) is 24.7 Å². The third-order valence-electron chi connectivity index (χ3n) is 4.61. The average Bonchev–Trinajstić information content (AvgIpc) is 3.06. The summed E-state index contributed by atoms with van der Waals surface area (Å²) >= 11 is 0. The zero-order valence-corrected chi connectivity index (χ0v) is 14.0. The van der Waals surface area contributed by atoms with Gasteiger partial charge in [0.2, 0.25) is 0 Å². The van der Waals surface area contributed by atoms with Crippen molar-refractivity contribution in [1.29, 1.82) is 0 Å². The Hall–Kier alpha value is -2.57. The van der Waals surface area contributed by atoms with Crippen LogP contribution >= 0.6 is 0 Å². The van der Waals surface area contributed by atoms with Gasteiger partial charge in [-0.3, -0.25) is 0 Å². The molecule has 1 aromatic carbocycles. The second-order valence-electron chi connectivity index (χ2n) is 6.39. The lowest BCUT2D eigenvalue weighted by Gasteiger charge is -2.19. The maximum atomic E-state index is 14.1. The molecule has 3 heterocycles. The van der Waals surface area contributed by atoms with Crippen LogP contribution in [0.2, 0.25) is 0 Å². The summed E-state index contributed by atoms with van der Waals surface area (Å²) in [5.74, 6) is 0.540. The molecule has 0 saturated heterocycles. The van der Waals surface area contributed by atoms with Gasteiger partial charge in [0, 0.05) is 36.5 Å². The lowest BCUT2D eigenvalue weighted by atomic mass is 10.0. The Morgan fingerprint density at radius 2 is 2.20 bits per heavy atom. The van der Waals surface area contributed by atoms with Crippen molar-refractivity contribution in [2.45, 2.75) is 25.9 Å². The SMILES string of the molecule is CC1CC(c2nc3c(-c4ccc(CN)c(F)c4)ccnc3[nH]2)=CCN1. The highest BCUT2D eigenvalue weighted by Crippen LogP contribution is 2.29. The fourth-order valence-corrected chi connectivity index (χ4v) is 3.24. The summed E-state index contributed by atoms with van der Waals surface area (Å²) in [7, 11) is 0. The van der Waals surface area contributed by atoms with Gasteiger partial charge in [0.15, 0.2) is 5.65 Å². The number of nitrogens with zero attached hydrogens (tertiary/aromatic N) is 2. The normalized spacial score (nSPS) is 17.7. The van der Waals surface area contributed by atoms with Crippen molar-refractivity contribution in [1.82, 2.24) is 20.3 Å². The Kier molecular flexibility index (Phi) is 4.07. The molecule has 0 aliphatic carbocycles. The van der Waals surface area contributed by atoms with Gasteiger partial charge in [-0.05, 0) is 36.6 Å². The molecule has 0 spiro atoms. The molecular weight excluding hydrogens is 317 g/mol. The van der Waals surface area contributed by atoms with Crippen molar-refractivity contribution >= 4 is 16.7 Å². The maximum Gasteiger partial charge on any atom is 0.158 e. The number of aromatic amines is 1. The highest BCUT2D eigenvalue weighted by Gasteiger charge is 2.17. The number of imidazole rings is 1. The molecule has 1 aliphatic rings. The third kappa shape index (κ3) is 2.94.